The zero-order valence-electron chi connectivity index (χ0n) is 16.1. The molecule has 3 rings (SSSR count). The molecule has 0 N–H and O–H groups in total. The van der Waals surface area contributed by atoms with Gasteiger partial charge in [-0.15, -0.1) is 0 Å². The van der Waals surface area contributed by atoms with Crippen LogP contribution >= 0.6 is 11.6 Å². The standard InChI is InChI=1S/C21H27ClN2O2S/c1-16-9-10-20(13-21(16)22)27(25,26)23-14-17(2)24(18(3)15-23)12-11-19-7-5-4-6-8-19/h4-10,13,17-18H,11-12,14-15H2,1-3H3. The van der Waals surface area contributed by atoms with Gasteiger partial charge in [0.15, 0.2) is 0 Å². The van der Waals surface area contributed by atoms with E-state index in [1.54, 1.807) is 22.5 Å². The highest BCUT2D eigenvalue weighted by Gasteiger charge is 2.35. The molecule has 0 radical (unpaired) electrons. The summed E-state index contributed by atoms with van der Waals surface area (Å²) in [7, 11) is -3.54. The summed E-state index contributed by atoms with van der Waals surface area (Å²) in [5, 5.41) is 0.485. The summed E-state index contributed by atoms with van der Waals surface area (Å²) in [6.45, 7) is 7.99. The minimum atomic E-state index is -3.54. The van der Waals surface area contributed by atoms with Gasteiger partial charge in [-0.05, 0) is 50.5 Å². The van der Waals surface area contributed by atoms with Crippen molar-refractivity contribution in [3.63, 3.8) is 0 Å². The van der Waals surface area contributed by atoms with Crippen molar-refractivity contribution in [3.05, 3.63) is 64.7 Å². The van der Waals surface area contributed by atoms with E-state index < -0.39 is 10.0 Å². The Labute approximate surface area is 167 Å². The maximum absolute atomic E-state index is 13.1. The minimum absolute atomic E-state index is 0.160. The van der Waals surface area contributed by atoms with Crippen LogP contribution in [0, 0.1) is 6.92 Å². The van der Waals surface area contributed by atoms with Crippen LogP contribution in [-0.2, 0) is 16.4 Å². The van der Waals surface area contributed by atoms with Gasteiger partial charge in [-0.25, -0.2) is 8.42 Å². The average Bonchev–Trinajstić information content (AvgIpc) is 2.64. The smallest absolute Gasteiger partial charge is 0.243 e. The van der Waals surface area contributed by atoms with Crippen molar-refractivity contribution in [3.8, 4) is 0 Å². The SMILES string of the molecule is Cc1ccc(S(=O)(=O)N2CC(C)N(CCc3ccccc3)C(C)C2)cc1Cl. The van der Waals surface area contributed by atoms with Crippen LogP contribution in [0.5, 0.6) is 0 Å². The molecular weight excluding hydrogens is 380 g/mol. The first kappa shape index (κ1) is 20.3. The van der Waals surface area contributed by atoms with Gasteiger partial charge in [-0.3, -0.25) is 4.90 Å². The predicted molar refractivity (Wildman–Crippen MR) is 111 cm³/mol. The fourth-order valence-corrected chi connectivity index (χ4v) is 5.61. The lowest BCUT2D eigenvalue weighted by molar-refractivity contribution is 0.0784. The fraction of sp³-hybridized carbons (Fsp3) is 0.429. The second kappa shape index (κ2) is 8.31. The predicted octanol–water partition coefficient (Wildman–Crippen LogP) is 3.97. The highest BCUT2D eigenvalue weighted by Crippen LogP contribution is 2.26. The van der Waals surface area contributed by atoms with Crippen molar-refractivity contribution in [2.24, 2.45) is 0 Å². The zero-order chi connectivity index (χ0) is 19.6. The molecule has 0 bridgehead atoms. The van der Waals surface area contributed by atoms with Crippen LogP contribution in [0.15, 0.2) is 53.4 Å². The third kappa shape index (κ3) is 4.54. The molecule has 2 aromatic carbocycles. The summed E-state index contributed by atoms with van der Waals surface area (Å²) in [5.41, 5.74) is 2.18. The Morgan fingerprint density at radius 1 is 1.04 bits per heavy atom. The van der Waals surface area contributed by atoms with Gasteiger partial charge in [0.25, 0.3) is 0 Å². The third-order valence-electron chi connectivity index (χ3n) is 5.35. The first-order valence-corrected chi connectivity index (χ1v) is 11.2. The Balaban J connectivity index is 1.71. The van der Waals surface area contributed by atoms with Crippen molar-refractivity contribution >= 4 is 21.6 Å². The molecule has 0 aliphatic carbocycles. The molecule has 2 unspecified atom stereocenters. The van der Waals surface area contributed by atoms with Crippen molar-refractivity contribution in [2.45, 2.75) is 44.2 Å². The monoisotopic (exact) mass is 406 g/mol. The number of hydrogen-bond donors (Lipinski definition) is 0. The largest absolute Gasteiger partial charge is 0.295 e. The summed E-state index contributed by atoms with van der Waals surface area (Å²) < 4.78 is 27.8. The van der Waals surface area contributed by atoms with E-state index in [0.29, 0.717) is 18.1 Å². The molecule has 4 nitrogen and oxygen atoms in total. The van der Waals surface area contributed by atoms with Crippen LogP contribution < -0.4 is 0 Å². The number of benzene rings is 2. The summed E-state index contributed by atoms with van der Waals surface area (Å²) >= 11 is 6.15. The Morgan fingerprint density at radius 2 is 1.67 bits per heavy atom. The minimum Gasteiger partial charge on any atom is -0.295 e. The van der Waals surface area contributed by atoms with E-state index in [-0.39, 0.29) is 17.0 Å². The molecule has 1 saturated heterocycles. The van der Waals surface area contributed by atoms with Gasteiger partial charge in [0, 0.05) is 36.7 Å². The number of rotatable bonds is 5. The van der Waals surface area contributed by atoms with Gasteiger partial charge in [0.05, 0.1) is 4.90 Å². The van der Waals surface area contributed by atoms with Gasteiger partial charge in [0.1, 0.15) is 0 Å². The highest BCUT2D eigenvalue weighted by atomic mass is 35.5. The summed E-state index contributed by atoms with van der Waals surface area (Å²) in [6, 6.07) is 15.7. The number of hydrogen-bond acceptors (Lipinski definition) is 3. The molecule has 6 heteroatoms. The van der Waals surface area contributed by atoms with E-state index >= 15 is 0 Å². The van der Waals surface area contributed by atoms with Gasteiger partial charge in [-0.1, -0.05) is 48.0 Å². The van der Waals surface area contributed by atoms with Crippen molar-refractivity contribution in [2.75, 3.05) is 19.6 Å². The lowest BCUT2D eigenvalue weighted by atomic mass is 10.1. The number of sulfonamides is 1. The molecule has 1 heterocycles. The maximum Gasteiger partial charge on any atom is 0.243 e. The van der Waals surface area contributed by atoms with E-state index in [4.69, 9.17) is 11.6 Å². The Bertz CT molecular complexity index is 874. The van der Waals surface area contributed by atoms with Crippen LogP contribution in [-0.4, -0.2) is 49.3 Å². The van der Waals surface area contributed by atoms with Crippen molar-refractivity contribution in [1.82, 2.24) is 9.21 Å². The fourth-order valence-electron chi connectivity index (χ4n) is 3.73. The van der Waals surface area contributed by atoms with Crippen molar-refractivity contribution in [1.29, 1.82) is 0 Å². The number of nitrogens with zero attached hydrogens (tertiary/aromatic N) is 2. The topological polar surface area (TPSA) is 40.6 Å². The van der Waals surface area contributed by atoms with Crippen LogP contribution in [0.25, 0.3) is 0 Å². The lowest BCUT2D eigenvalue weighted by Gasteiger charge is -2.43. The van der Waals surface area contributed by atoms with Gasteiger partial charge in [-0.2, -0.15) is 4.31 Å². The highest BCUT2D eigenvalue weighted by molar-refractivity contribution is 7.89. The molecule has 0 amide bonds. The molecule has 0 spiro atoms. The zero-order valence-corrected chi connectivity index (χ0v) is 17.7. The van der Waals surface area contributed by atoms with E-state index in [9.17, 15) is 8.42 Å². The van der Waals surface area contributed by atoms with E-state index in [2.05, 4.69) is 43.0 Å². The van der Waals surface area contributed by atoms with Crippen LogP contribution in [0.1, 0.15) is 25.0 Å². The molecule has 2 aromatic rings. The van der Waals surface area contributed by atoms with Crippen molar-refractivity contribution < 1.29 is 8.42 Å². The molecule has 146 valence electrons. The molecule has 1 aliphatic heterocycles. The summed E-state index contributed by atoms with van der Waals surface area (Å²) in [6.07, 6.45) is 0.968. The Hall–Kier alpha value is -1.40. The average molecular weight is 407 g/mol. The first-order valence-electron chi connectivity index (χ1n) is 9.35. The Morgan fingerprint density at radius 3 is 2.26 bits per heavy atom. The van der Waals surface area contributed by atoms with E-state index in [1.165, 1.54) is 5.56 Å². The number of piperazine rings is 1. The molecule has 0 saturated carbocycles. The van der Waals surface area contributed by atoms with Crippen LogP contribution in [0.4, 0.5) is 0 Å². The molecule has 1 aliphatic rings. The molecule has 0 aromatic heterocycles. The molecular formula is C21H27ClN2O2S. The normalized spacial score (nSPS) is 22.1. The lowest BCUT2D eigenvalue weighted by Crippen LogP contribution is -2.58. The van der Waals surface area contributed by atoms with Gasteiger partial charge in [0.2, 0.25) is 10.0 Å². The molecule has 27 heavy (non-hydrogen) atoms. The van der Waals surface area contributed by atoms with E-state index in [0.717, 1.165) is 18.5 Å². The quantitative estimate of drug-likeness (QED) is 0.754. The summed E-state index contributed by atoms with van der Waals surface area (Å²) in [4.78, 5) is 2.68. The van der Waals surface area contributed by atoms with Crippen LogP contribution in [0.2, 0.25) is 5.02 Å². The Kier molecular flexibility index (Phi) is 6.26. The second-order valence-electron chi connectivity index (χ2n) is 7.40. The first-order chi connectivity index (χ1) is 12.8. The molecule has 1 fully saturated rings. The van der Waals surface area contributed by atoms with Gasteiger partial charge >= 0.3 is 0 Å². The van der Waals surface area contributed by atoms with E-state index in [1.807, 2.05) is 13.0 Å². The summed E-state index contributed by atoms with van der Waals surface area (Å²) in [5.74, 6) is 0. The number of aryl methyl sites for hydroxylation is 1. The van der Waals surface area contributed by atoms with Crippen LogP contribution in [0.3, 0.4) is 0 Å². The number of halogens is 1. The second-order valence-corrected chi connectivity index (χ2v) is 9.75. The third-order valence-corrected chi connectivity index (χ3v) is 7.59. The maximum atomic E-state index is 13.1. The van der Waals surface area contributed by atoms with Gasteiger partial charge < -0.3 is 0 Å². The molecule has 2 atom stereocenters.